The molecule has 2 unspecified atom stereocenters. The van der Waals surface area contributed by atoms with Crippen molar-refractivity contribution in [3.05, 3.63) is 75.2 Å². The zero-order valence-corrected chi connectivity index (χ0v) is 41.0. The molecule has 0 spiro atoms. The van der Waals surface area contributed by atoms with E-state index in [1.54, 1.807) is 77.8 Å². The van der Waals surface area contributed by atoms with Gasteiger partial charge in [0.2, 0.25) is 23.6 Å². The second kappa shape index (κ2) is 25.7. The second-order valence-electron chi connectivity index (χ2n) is 18.1. The number of nitrogens with one attached hydrogen (secondary N) is 2. The summed E-state index contributed by atoms with van der Waals surface area (Å²) in [6, 6.07) is 4.72. The Hall–Kier alpha value is -5.50. The van der Waals surface area contributed by atoms with Crippen molar-refractivity contribution in [3.8, 4) is 0 Å². The quantitative estimate of drug-likeness (QED) is 0.0341. The van der Waals surface area contributed by atoms with Crippen LogP contribution in [0.25, 0.3) is 10.4 Å². The van der Waals surface area contributed by atoms with Gasteiger partial charge in [0.15, 0.2) is 23.3 Å². The fraction of sp³-hybridized carbons (Fsp3) is 0.638. The zero-order valence-electron chi connectivity index (χ0n) is 41.0. The van der Waals surface area contributed by atoms with E-state index in [1.165, 1.54) is 19.1 Å². The first kappa shape index (κ1) is 56.8. The number of carbonyl (C=O) groups is 5. The second-order valence-corrected chi connectivity index (χ2v) is 18.1. The van der Waals surface area contributed by atoms with Crippen LogP contribution in [-0.4, -0.2) is 127 Å². The van der Waals surface area contributed by atoms with Gasteiger partial charge in [0.05, 0.1) is 54.3 Å². The van der Waals surface area contributed by atoms with Crippen LogP contribution in [-0.2, 0) is 40.0 Å². The maximum atomic E-state index is 14.7. The predicted molar refractivity (Wildman–Crippen MR) is 244 cm³/mol. The Morgan fingerprint density at radius 2 is 1.49 bits per heavy atom. The van der Waals surface area contributed by atoms with Crippen LogP contribution in [0.15, 0.2) is 35.4 Å². The number of benzene rings is 2. The summed E-state index contributed by atoms with van der Waals surface area (Å²) in [6.45, 7) is 13.0. The molecule has 3 rings (SSSR count). The van der Waals surface area contributed by atoms with Crippen molar-refractivity contribution >= 4 is 35.4 Å². The Labute approximate surface area is 395 Å². The molecule has 10 atom stereocenters. The molecule has 17 nitrogen and oxygen atoms in total. The highest BCUT2D eigenvalue weighted by atomic mass is 19.2. The van der Waals surface area contributed by atoms with Gasteiger partial charge in [0.1, 0.15) is 24.4 Å². The molecular weight excluding hydrogens is 897 g/mol. The Balaban J connectivity index is 1.79. The first-order chi connectivity index (χ1) is 32.0. The topological polar surface area (TPSA) is 216 Å². The first-order valence-corrected chi connectivity index (χ1v) is 22.8. The third kappa shape index (κ3) is 13.4. The minimum atomic E-state index is -1.99. The summed E-state index contributed by atoms with van der Waals surface area (Å²) in [5.74, 6) is -11.9. The number of likely N-dealkylation sites (N-methyl/N-ethyl adjacent to an activating group) is 2. The molecule has 2 aromatic carbocycles. The highest BCUT2D eigenvalue weighted by Gasteiger charge is 2.44. The number of ether oxygens (including phenoxy) is 3. The molecule has 378 valence electrons. The molecular formula is C47H68F4N8O9. The molecule has 0 bridgehead atoms. The van der Waals surface area contributed by atoms with Crippen LogP contribution in [0, 0.1) is 46.9 Å². The van der Waals surface area contributed by atoms with Crippen LogP contribution in [0.1, 0.15) is 98.3 Å². The lowest BCUT2D eigenvalue weighted by atomic mass is 9.89. The van der Waals surface area contributed by atoms with E-state index < -0.39 is 125 Å². The number of azide groups is 1. The monoisotopic (exact) mass is 965 g/mol. The molecule has 0 saturated carbocycles. The standard InChI is InChI=1S/C47H68F4N8O9/c1-13-26(6)41(32(66-11)22-33(60)59-21-17-20-31(59)43(67-12)27(7)44(62)53-28(8)42(61)29-18-15-14-16-19-29)57(9)46(64)38(24(2)3)54-45(63)40(25(4)5)58(10)47(65)68-23-30-34(48)36(50)39(55-56-52)37(51)35(30)49/h14-16,18-19,24-28,31-32,38,40-43,61H,13,17,20-23H2,1-12H3,(H,53,62)(H,54,63)/t26-,27?,28+,31-,32+,38-,40?,41-,42+,43+/m1/s1. The number of halogens is 4. The summed E-state index contributed by atoms with van der Waals surface area (Å²) in [4.78, 5) is 75.7. The third-order valence-electron chi connectivity index (χ3n) is 12.9. The van der Waals surface area contributed by atoms with Gasteiger partial charge in [0, 0.05) is 39.8 Å². The fourth-order valence-corrected chi connectivity index (χ4v) is 8.85. The van der Waals surface area contributed by atoms with E-state index in [0.29, 0.717) is 31.4 Å². The summed E-state index contributed by atoms with van der Waals surface area (Å²) in [5, 5.41) is 19.2. The lowest BCUT2D eigenvalue weighted by Gasteiger charge is -2.41. The molecule has 2 aromatic rings. The molecule has 1 aliphatic rings. The van der Waals surface area contributed by atoms with Gasteiger partial charge < -0.3 is 39.8 Å². The van der Waals surface area contributed by atoms with Crippen molar-refractivity contribution in [1.82, 2.24) is 25.3 Å². The summed E-state index contributed by atoms with van der Waals surface area (Å²) in [6.07, 6.45) is -2.09. The van der Waals surface area contributed by atoms with E-state index in [9.17, 15) is 46.6 Å². The Morgan fingerprint density at radius 1 is 0.882 bits per heavy atom. The minimum Gasteiger partial charge on any atom is -0.444 e. The van der Waals surface area contributed by atoms with Gasteiger partial charge in [0.25, 0.3) is 0 Å². The molecule has 0 radical (unpaired) electrons. The number of aliphatic hydroxyl groups excluding tert-OH is 1. The number of nitrogens with zero attached hydrogens (tertiary/aromatic N) is 6. The number of carbonyl (C=O) groups excluding carboxylic acids is 5. The summed E-state index contributed by atoms with van der Waals surface area (Å²) < 4.78 is 74.9. The normalized spacial score (nSPS) is 17.8. The summed E-state index contributed by atoms with van der Waals surface area (Å²) >= 11 is 0. The van der Waals surface area contributed by atoms with Gasteiger partial charge >= 0.3 is 6.09 Å². The molecule has 0 aromatic heterocycles. The van der Waals surface area contributed by atoms with Crippen molar-refractivity contribution in [1.29, 1.82) is 0 Å². The van der Waals surface area contributed by atoms with Crippen molar-refractivity contribution in [2.24, 2.45) is 28.8 Å². The summed E-state index contributed by atoms with van der Waals surface area (Å²) in [5.41, 5.74) is 6.32. The zero-order chi connectivity index (χ0) is 51.3. The lowest BCUT2D eigenvalue weighted by Crippen LogP contribution is -2.60. The maximum absolute atomic E-state index is 14.7. The van der Waals surface area contributed by atoms with Crippen molar-refractivity contribution in [3.63, 3.8) is 0 Å². The molecule has 5 amide bonds. The smallest absolute Gasteiger partial charge is 0.410 e. The lowest BCUT2D eigenvalue weighted by molar-refractivity contribution is -0.148. The molecule has 1 heterocycles. The van der Waals surface area contributed by atoms with Crippen molar-refractivity contribution in [2.75, 3.05) is 34.9 Å². The average molecular weight is 965 g/mol. The van der Waals surface area contributed by atoms with E-state index in [0.717, 1.165) is 11.9 Å². The number of amides is 5. The van der Waals surface area contributed by atoms with Crippen LogP contribution in [0.4, 0.5) is 28.0 Å². The van der Waals surface area contributed by atoms with Crippen LogP contribution in [0.2, 0.25) is 0 Å². The predicted octanol–water partition coefficient (Wildman–Crippen LogP) is 7.08. The van der Waals surface area contributed by atoms with E-state index in [2.05, 4.69) is 20.7 Å². The first-order valence-electron chi connectivity index (χ1n) is 22.8. The highest BCUT2D eigenvalue weighted by molar-refractivity contribution is 5.92. The molecule has 21 heteroatoms. The molecule has 3 N–H and O–H groups in total. The van der Waals surface area contributed by atoms with Gasteiger partial charge in [-0.3, -0.25) is 24.1 Å². The van der Waals surface area contributed by atoms with Crippen molar-refractivity contribution in [2.45, 2.75) is 136 Å². The van der Waals surface area contributed by atoms with Gasteiger partial charge in [-0.25, -0.2) is 22.4 Å². The van der Waals surface area contributed by atoms with Gasteiger partial charge in [-0.15, -0.1) is 0 Å². The molecule has 1 fully saturated rings. The number of hydrogen-bond donors (Lipinski definition) is 3. The Kier molecular flexibility index (Phi) is 21.5. The van der Waals surface area contributed by atoms with E-state index in [1.807, 2.05) is 19.9 Å². The minimum absolute atomic E-state index is 0.136. The molecule has 1 saturated heterocycles. The largest absolute Gasteiger partial charge is 0.444 e. The highest BCUT2D eigenvalue weighted by Crippen LogP contribution is 2.32. The fourth-order valence-electron chi connectivity index (χ4n) is 8.85. The summed E-state index contributed by atoms with van der Waals surface area (Å²) in [7, 11) is 5.65. The number of hydrogen-bond acceptors (Lipinski definition) is 10. The van der Waals surface area contributed by atoms with Crippen LogP contribution < -0.4 is 10.6 Å². The van der Waals surface area contributed by atoms with Crippen LogP contribution >= 0.6 is 0 Å². The van der Waals surface area contributed by atoms with Gasteiger partial charge in [-0.2, -0.15) is 0 Å². The van der Waals surface area contributed by atoms with E-state index >= 15 is 0 Å². The molecule has 1 aliphatic heterocycles. The number of likely N-dealkylation sites (tertiary alicyclic amines) is 1. The van der Waals surface area contributed by atoms with Crippen LogP contribution in [0.5, 0.6) is 0 Å². The van der Waals surface area contributed by atoms with E-state index in [-0.39, 0.29) is 24.2 Å². The SMILES string of the molecule is CC[C@@H](C)[C@H]([C@H](CC(=O)N1CCC[C@@H]1[C@@H](OC)C(C)C(=O)N[C@@H](C)[C@H](O)c1ccccc1)OC)N(C)C(=O)[C@H](NC(=O)C(C(C)C)N(C)C(=O)OCc1c(F)c(F)c(N=[N+]=[N-])c(F)c1F)C(C)C. The van der Waals surface area contributed by atoms with Crippen molar-refractivity contribution < 1.29 is 60.9 Å². The number of methoxy groups -OCH3 is 2. The van der Waals surface area contributed by atoms with Gasteiger partial charge in [-0.1, -0.05) is 90.3 Å². The third-order valence-corrected chi connectivity index (χ3v) is 12.9. The van der Waals surface area contributed by atoms with Gasteiger partial charge in [-0.05, 0) is 48.6 Å². The average Bonchev–Trinajstić information content (AvgIpc) is 3.80. The molecule has 68 heavy (non-hydrogen) atoms. The Morgan fingerprint density at radius 3 is 2.00 bits per heavy atom. The van der Waals surface area contributed by atoms with E-state index in [4.69, 9.17) is 19.7 Å². The number of rotatable bonds is 23. The Bertz CT molecular complexity index is 2090. The maximum Gasteiger partial charge on any atom is 0.410 e. The van der Waals surface area contributed by atoms with Crippen LogP contribution in [0.3, 0.4) is 0 Å². The number of aliphatic hydroxyl groups is 1. The molecule has 0 aliphatic carbocycles.